The first-order valence-electron chi connectivity index (χ1n) is 8.65. The average molecular weight is 357 g/mol. The molecule has 5 nitrogen and oxygen atoms in total. The van der Waals surface area contributed by atoms with E-state index >= 15 is 0 Å². The number of hydrogen-bond acceptors (Lipinski definition) is 4. The third kappa shape index (κ3) is 2.67. The smallest absolute Gasteiger partial charge is 0.254 e. The van der Waals surface area contributed by atoms with Gasteiger partial charge >= 0.3 is 0 Å². The van der Waals surface area contributed by atoms with Crippen LogP contribution in [0, 0.1) is 13.8 Å². The van der Waals surface area contributed by atoms with Crippen LogP contribution in [0.25, 0.3) is 0 Å². The van der Waals surface area contributed by atoms with Crippen LogP contribution < -0.4 is 4.90 Å². The van der Waals surface area contributed by atoms with E-state index < -0.39 is 0 Å². The number of fused-ring (bicyclic) bond motifs is 1. The predicted molar refractivity (Wildman–Crippen MR) is 98.1 cm³/mol. The van der Waals surface area contributed by atoms with Crippen molar-refractivity contribution >= 4 is 23.3 Å². The molecule has 1 aromatic carbocycles. The summed E-state index contributed by atoms with van der Waals surface area (Å²) in [5, 5.41) is 0.677. The van der Waals surface area contributed by atoms with Crippen molar-refractivity contribution in [1.82, 2.24) is 14.9 Å². The minimum absolute atomic E-state index is 0.0116. The lowest BCUT2D eigenvalue weighted by Crippen LogP contribution is -2.39. The Labute approximate surface area is 152 Å². The standard InChI is InChI=1S/C19H21ClN4O/c1-11-9-14(5-6-15(11)20)19(25)24-10-16-17(12(24)2)18(22-13(3)21-16)23-7-4-8-23/h5-6,9,12H,4,7-8,10H2,1-3H3. The van der Waals surface area contributed by atoms with Crippen LogP contribution in [0.1, 0.15) is 52.4 Å². The summed E-state index contributed by atoms with van der Waals surface area (Å²) in [6.45, 7) is 8.48. The second-order valence-corrected chi connectivity index (χ2v) is 7.28. The van der Waals surface area contributed by atoms with E-state index in [2.05, 4.69) is 21.8 Å². The molecule has 0 spiro atoms. The minimum atomic E-state index is -0.0327. The monoisotopic (exact) mass is 356 g/mol. The van der Waals surface area contributed by atoms with Gasteiger partial charge in [0.05, 0.1) is 18.3 Å². The molecule has 1 atom stereocenters. The largest absolute Gasteiger partial charge is 0.356 e. The van der Waals surface area contributed by atoms with Gasteiger partial charge in [0.1, 0.15) is 11.6 Å². The number of rotatable bonds is 2. The predicted octanol–water partition coefficient (Wildman–Crippen LogP) is 3.67. The number of anilines is 1. The number of halogens is 1. The molecule has 2 aliphatic heterocycles. The third-order valence-corrected chi connectivity index (χ3v) is 5.57. The molecule has 1 saturated heterocycles. The number of aromatic nitrogens is 2. The van der Waals surface area contributed by atoms with E-state index in [-0.39, 0.29) is 11.9 Å². The van der Waals surface area contributed by atoms with Crippen LogP contribution in [-0.2, 0) is 6.54 Å². The summed E-state index contributed by atoms with van der Waals surface area (Å²) in [5.41, 5.74) is 3.65. The lowest BCUT2D eigenvalue weighted by Gasteiger charge is -2.34. The number of carbonyl (C=O) groups is 1. The highest BCUT2D eigenvalue weighted by molar-refractivity contribution is 6.31. The molecule has 0 radical (unpaired) electrons. The van der Waals surface area contributed by atoms with Crippen LogP contribution in [0.4, 0.5) is 5.82 Å². The van der Waals surface area contributed by atoms with Gasteiger partial charge in [-0.1, -0.05) is 11.6 Å². The lowest BCUT2D eigenvalue weighted by molar-refractivity contribution is 0.0704. The molecule has 1 fully saturated rings. The Kier molecular flexibility index (Phi) is 3.91. The molecule has 0 saturated carbocycles. The highest BCUT2D eigenvalue weighted by Gasteiger charge is 2.37. The summed E-state index contributed by atoms with van der Waals surface area (Å²) < 4.78 is 0. The zero-order valence-electron chi connectivity index (χ0n) is 14.7. The quantitative estimate of drug-likeness (QED) is 0.823. The van der Waals surface area contributed by atoms with Gasteiger partial charge in [-0.15, -0.1) is 0 Å². The summed E-state index contributed by atoms with van der Waals surface area (Å²) in [6, 6.07) is 5.40. The molecule has 1 aromatic heterocycles. The number of carbonyl (C=O) groups excluding carboxylic acids is 1. The van der Waals surface area contributed by atoms with Gasteiger partial charge in [-0.2, -0.15) is 0 Å². The first kappa shape index (κ1) is 16.3. The lowest BCUT2D eigenvalue weighted by atomic mass is 10.1. The molecule has 2 aromatic rings. The molecular formula is C19H21ClN4O. The molecule has 0 bridgehead atoms. The highest BCUT2D eigenvalue weighted by Crippen LogP contribution is 2.40. The molecule has 4 rings (SSSR count). The highest BCUT2D eigenvalue weighted by atomic mass is 35.5. The molecule has 130 valence electrons. The van der Waals surface area contributed by atoms with Crippen LogP contribution >= 0.6 is 11.6 Å². The third-order valence-electron chi connectivity index (χ3n) is 5.14. The molecule has 3 heterocycles. The van der Waals surface area contributed by atoms with E-state index in [0.29, 0.717) is 17.1 Å². The second kappa shape index (κ2) is 5.99. The Morgan fingerprint density at radius 1 is 1.24 bits per heavy atom. The Balaban J connectivity index is 1.69. The molecule has 0 N–H and O–H groups in total. The van der Waals surface area contributed by atoms with Crippen molar-refractivity contribution < 1.29 is 4.79 Å². The number of nitrogens with zero attached hydrogens (tertiary/aromatic N) is 4. The van der Waals surface area contributed by atoms with Crippen LogP contribution in [0.5, 0.6) is 0 Å². The van der Waals surface area contributed by atoms with E-state index in [4.69, 9.17) is 11.6 Å². The Morgan fingerprint density at radius 3 is 2.64 bits per heavy atom. The summed E-state index contributed by atoms with van der Waals surface area (Å²) in [7, 11) is 0. The maximum absolute atomic E-state index is 13.1. The fourth-order valence-electron chi connectivity index (χ4n) is 3.59. The summed E-state index contributed by atoms with van der Waals surface area (Å²) in [6.07, 6.45) is 1.19. The van der Waals surface area contributed by atoms with Crippen LogP contribution in [-0.4, -0.2) is 33.9 Å². The fraction of sp³-hybridized carbons (Fsp3) is 0.421. The van der Waals surface area contributed by atoms with Crippen LogP contribution in [0.2, 0.25) is 5.02 Å². The van der Waals surface area contributed by atoms with Gasteiger partial charge < -0.3 is 9.80 Å². The number of hydrogen-bond donors (Lipinski definition) is 0. The van der Waals surface area contributed by atoms with Crippen molar-refractivity contribution in [1.29, 1.82) is 0 Å². The van der Waals surface area contributed by atoms with Gasteiger partial charge in [-0.3, -0.25) is 4.79 Å². The summed E-state index contributed by atoms with van der Waals surface area (Å²) in [4.78, 5) is 26.5. The average Bonchev–Trinajstić information content (AvgIpc) is 2.84. The maximum Gasteiger partial charge on any atom is 0.254 e. The molecule has 1 amide bonds. The van der Waals surface area contributed by atoms with Crippen LogP contribution in [0.15, 0.2) is 18.2 Å². The minimum Gasteiger partial charge on any atom is -0.356 e. The molecule has 6 heteroatoms. The van der Waals surface area contributed by atoms with Crippen molar-refractivity contribution in [2.24, 2.45) is 0 Å². The normalized spacial score (nSPS) is 19.0. The van der Waals surface area contributed by atoms with E-state index in [0.717, 1.165) is 41.6 Å². The van der Waals surface area contributed by atoms with Crippen molar-refractivity contribution in [3.8, 4) is 0 Å². The second-order valence-electron chi connectivity index (χ2n) is 6.87. The number of benzene rings is 1. The Morgan fingerprint density at radius 2 is 2.00 bits per heavy atom. The van der Waals surface area contributed by atoms with Crippen molar-refractivity contribution in [2.75, 3.05) is 18.0 Å². The van der Waals surface area contributed by atoms with Crippen LogP contribution in [0.3, 0.4) is 0 Å². The molecule has 2 aliphatic rings. The van der Waals surface area contributed by atoms with Crippen molar-refractivity contribution in [3.05, 3.63) is 51.4 Å². The molecular weight excluding hydrogens is 336 g/mol. The first-order valence-corrected chi connectivity index (χ1v) is 9.03. The number of aryl methyl sites for hydroxylation is 2. The summed E-state index contributed by atoms with van der Waals surface area (Å²) >= 11 is 6.09. The van der Waals surface area contributed by atoms with Crippen molar-refractivity contribution in [2.45, 2.75) is 39.8 Å². The van der Waals surface area contributed by atoms with Gasteiger partial charge in [-0.05, 0) is 51.0 Å². The fourth-order valence-corrected chi connectivity index (χ4v) is 3.70. The Hall–Kier alpha value is -2.14. The van der Waals surface area contributed by atoms with E-state index in [1.807, 2.05) is 24.8 Å². The molecule has 25 heavy (non-hydrogen) atoms. The zero-order chi connectivity index (χ0) is 17.7. The molecule has 1 unspecified atom stereocenters. The Bertz CT molecular complexity index is 863. The first-order chi connectivity index (χ1) is 12.0. The molecule has 0 aliphatic carbocycles. The summed E-state index contributed by atoms with van der Waals surface area (Å²) in [5.74, 6) is 1.78. The van der Waals surface area contributed by atoms with Crippen molar-refractivity contribution in [3.63, 3.8) is 0 Å². The number of amides is 1. The van der Waals surface area contributed by atoms with Gasteiger partial charge in [0.2, 0.25) is 0 Å². The van der Waals surface area contributed by atoms with Gasteiger partial charge in [0.25, 0.3) is 5.91 Å². The zero-order valence-corrected chi connectivity index (χ0v) is 15.5. The van der Waals surface area contributed by atoms with Gasteiger partial charge in [0, 0.05) is 29.2 Å². The maximum atomic E-state index is 13.1. The SMILES string of the molecule is Cc1nc2c(c(N3CCC3)n1)C(C)N(C(=O)c1ccc(Cl)c(C)c1)C2. The van der Waals surface area contributed by atoms with E-state index in [1.165, 1.54) is 6.42 Å². The van der Waals surface area contributed by atoms with Gasteiger partial charge in [-0.25, -0.2) is 9.97 Å². The topological polar surface area (TPSA) is 49.3 Å². The van der Waals surface area contributed by atoms with Gasteiger partial charge in [0.15, 0.2) is 0 Å². The van der Waals surface area contributed by atoms with E-state index in [1.54, 1.807) is 12.1 Å². The van der Waals surface area contributed by atoms with E-state index in [9.17, 15) is 4.79 Å².